The van der Waals surface area contributed by atoms with Gasteiger partial charge < -0.3 is 5.32 Å². The molecule has 1 heterocycles. The van der Waals surface area contributed by atoms with Crippen LogP contribution in [0.3, 0.4) is 0 Å². The number of benzene rings is 2. The number of carbonyl (C=O) groups excluding carboxylic acids is 1. The van der Waals surface area contributed by atoms with Crippen molar-refractivity contribution in [3.8, 4) is 0 Å². The molecule has 0 aliphatic heterocycles. The molecule has 0 saturated carbocycles. The van der Waals surface area contributed by atoms with Gasteiger partial charge in [-0.05, 0) is 35.7 Å². The zero-order chi connectivity index (χ0) is 20.1. The van der Waals surface area contributed by atoms with E-state index in [-0.39, 0.29) is 22.7 Å². The van der Waals surface area contributed by atoms with Gasteiger partial charge in [0.1, 0.15) is 5.25 Å². The molecule has 0 aliphatic rings. The lowest BCUT2D eigenvalue weighted by Crippen LogP contribution is -2.31. The highest BCUT2D eigenvalue weighted by atomic mass is 32.2. The van der Waals surface area contributed by atoms with Crippen molar-refractivity contribution in [3.05, 3.63) is 92.7 Å². The molecule has 28 heavy (non-hydrogen) atoms. The summed E-state index contributed by atoms with van der Waals surface area (Å²) >= 11 is 1.30. The molecule has 0 saturated heterocycles. The van der Waals surface area contributed by atoms with Crippen LogP contribution in [0.4, 0.5) is 5.69 Å². The predicted molar refractivity (Wildman–Crippen MR) is 106 cm³/mol. The fourth-order valence-electron chi connectivity index (χ4n) is 2.63. The first-order valence-corrected chi connectivity index (χ1v) is 10.7. The van der Waals surface area contributed by atoms with Gasteiger partial charge in [-0.15, -0.1) is 11.3 Å². The molecule has 3 aromatic rings. The number of hydrogen-bond acceptors (Lipinski definition) is 6. The first kappa shape index (κ1) is 19.7. The largest absolute Gasteiger partial charge is 0.350 e. The van der Waals surface area contributed by atoms with E-state index < -0.39 is 25.9 Å². The number of carbonyl (C=O) groups is 1. The average Bonchev–Trinajstić information content (AvgIpc) is 3.23. The molecule has 1 N–H and O–H groups in total. The second kappa shape index (κ2) is 8.32. The topological polar surface area (TPSA) is 106 Å². The van der Waals surface area contributed by atoms with E-state index in [0.29, 0.717) is 4.88 Å². The molecule has 7 nitrogen and oxygen atoms in total. The van der Waals surface area contributed by atoms with Gasteiger partial charge in [0.25, 0.3) is 11.6 Å². The van der Waals surface area contributed by atoms with Gasteiger partial charge in [0.2, 0.25) is 0 Å². The second-order valence-corrected chi connectivity index (χ2v) is 8.99. The van der Waals surface area contributed by atoms with E-state index in [9.17, 15) is 23.3 Å². The summed E-state index contributed by atoms with van der Waals surface area (Å²) in [7, 11) is -3.71. The van der Waals surface area contributed by atoms with Gasteiger partial charge in [-0.3, -0.25) is 14.9 Å². The smallest absolute Gasteiger partial charge is 0.269 e. The van der Waals surface area contributed by atoms with E-state index in [1.807, 2.05) is 0 Å². The highest BCUT2D eigenvalue weighted by Crippen LogP contribution is 2.31. The fourth-order valence-corrected chi connectivity index (χ4v) is 5.44. The van der Waals surface area contributed by atoms with E-state index in [0.717, 1.165) is 0 Å². The van der Waals surface area contributed by atoms with Crippen LogP contribution in [-0.4, -0.2) is 25.8 Å². The van der Waals surface area contributed by atoms with Crippen LogP contribution in [0.15, 0.2) is 77.0 Å². The highest BCUT2D eigenvalue weighted by Gasteiger charge is 2.30. The van der Waals surface area contributed by atoms with Crippen LogP contribution in [0.2, 0.25) is 0 Å². The van der Waals surface area contributed by atoms with Crippen LogP contribution in [0.25, 0.3) is 0 Å². The Kier molecular flexibility index (Phi) is 5.86. The molecule has 3 rings (SSSR count). The summed E-state index contributed by atoms with van der Waals surface area (Å²) in [5.74, 6) is -0.500. The number of rotatable bonds is 7. The van der Waals surface area contributed by atoms with Crippen molar-refractivity contribution in [1.29, 1.82) is 0 Å². The number of hydrogen-bond donors (Lipinski definition) is 1. The number of nitro groups is 1. The van der Waals surface area contributed by atoms with Gasteiger partial charge in [0.15, 0.2) is 9.84 Å². The third-order valence-electron chi connectivity index (χ3n) is 4.10. The van der Waals surface area contributed by atoms with Crippen molar-refractivity contribution < 1.29 is 18.1 Å². The van der Waals surface area contributed by atoms with Crippen LogP contribution >= 0.6 is 11.3 Å². The molecule has 0 radical (unpaired) electrons. The quantitative estimate of drug-likeness (QED) is 0.468. The van der Waals surface area contributed by atoms with Gasteiger partial charge in [-0.2, -0.15) is 0 Å². The Morgan fingerprint density at radius 2 is 1.71 bits per heavy atom. The number of amides is 1. The van der Waals surface area contributed by atoms with E-state index in [2.05, 4.69) is 5.32 Å². The van der Waals surface area contributed by atoms with Crippen molar-refractivity contribution in [2.24, 2.45) is 0 Å². The summed E-state index contributed by atoms with van der Waals surface area (Å²) in [5.41, 5.74) is 0.0901. The van der Waals surface area contributed by atoms with E-state index in [1.54, 1.807) is 35.7 Å². The average molecular weight is 416 g/mol. The predicted octanol–water partition coefficient (Wildman–Crippen LogP) is 3.60. The van der Waals surface area contributed by atoms with Gasteiger partial charge >= 0.3 is 0 Å². The normalized spacial score (nSPS) is 12.3. The minimum Gasteiger partial charge on any atom is -0.350 e. The number of nitrogens with one attached hydrogen (secondary N) is 1. The summed E-state index contributed by atoms with van der Waals surface area (Å²) in [5, 5.41) is 14.2. The summed E-state index contributed by atoms with van der Waals surface area (Å²) in [6.45, 7) is -0.117. The van der Waals surface area contributed by atoms with Crippen LogP contribution in [-0.2, 0) is 9.84 Å². The van der Waals surface area contributed by atoms with Crippen LogP contribution in [0.1, 0.15) is 20.5 Å². The van der Waals surface area contributed by atoms with E-state index >= 15 is 0 Å². The van der Waals surface area contributed by atoms with E-state index in [4.69, 9.17) is 0 Å². The first-order valence-electron chi connectivity index (χ1n) is 8.24. The Bertz CT molecular complexity index is 1060. The maximum absolute atomic E-state index is 13.1. The Balaban J connectivity index is 1.81. The Morgan fingerprint density at radius 1 is 1.04 bits per heavy atom. The lowest BCUT2D eigenvalue weighted by molar-refractivity contribution is -0.384. The van der Waals surface area contributed by atoms with Crippen LogP contribution < -0.4 is 5.32 Å². The molecule has 0 aliphatic carbocycles. The maximum atomic E-state index is 13.1. The number of sulfone groups is 1. The Hall–Kier alpha value is -3.04. The second-order valence-electron chi connectivity index (χ2n) is 5.88. The zero-order valence-corrected chi connectivity index (χ0v) is 16.2. The van der Waals surface area contributed by atoms with Crippen molar-refractivity contribution >= 4 is 32.8 Å². The Morgan fingerprint density at radius 3 is 2.29 bits per heavy atom. The highest BCUT2D eigenvalue weighted by molar-refractivity contribution is 7.91. The van der Waals surface area contributed by atoms with Gasteiger partial charge in [-0.25, -0.2) is 8.42 Å². The molecule has 0 fully saturated rings. The first-order chi connectivity index (χ1) is 13.4. The van der Waals surface area contributed by atoms with Gasteiger partial charge in [-0.1, -0.05) is 24.3 Å². The standard InChI is InChI=1S/C19H16N2O5S2/c22-19(14-8-10-15(11-9-14)21(23)24)20-13-18(17-7-4-12-27-17)28(25,26)16-5-2-1-3-6-16/h1-12,18H,13H2,(H,20,22)/t18-/m0/s1. The summed E-state index contributed by atoms with van der Waals surface area (Å²) < 4.78 is 26.2. The van der Waals surface area contributed by atoms with Crippen molar-refractivity contribution in [3.63, 3.8) is 0 Å². The molecule has 144 valence electrons. The van der Waals surface area contributed by atoms with Crippen molar-refractivity contribution in [1.82, 2.24) is 5.32 Å². The Labute approximate surface area is 165 Å². The minimum atomic E-state index is -3.71. The molecular formula is C19H16N2O5S2. The maximum Gasteiger partial charge on any atom is 0.269 e. The summed E-state index contributed by atoms with van der Waals surface area (Å²) in [6.07, 6.45) is 0. The van der Waals surface area contributed by atoms with Crippen LogP contribution in [0.5, 0.6) is 0 Å². The third-order valence-corrected chi connectivity index (χ3v) is 7.33. The van der Waals surface area contributed by atoms with E-state index in [1.165, 1.54) is 47.7 Å². The van der Waals surface area contributed by atoms with Crippen molar-refractivity contribution in [2.45, 2.75) is 10.1 Å². The molecule has 9 heteroatoms. The third kappa shape index (κ3) is 4.26. The van der Waals surface area contributed by atoms with Gasteiger partial charge in [0, 0.05) is 29.1 Å². The molecular weight excluding hydrogens is 400 g/mol. The molecule has 0 bridgehead atoms. The lowest BCUT2D eigenvalue weighted by Gasteiger charge is -2.17. The molecule has 0 unspecified atom stereocenters. The molecule has 1 amide bonds. The molecule has 1 atom stereocenters. The number of nitro benzene ring substituents is 1. The monoisotopic (exact) mass is 416 g/mol. The molecule has 2 aromatic carbocycles. The molecule has 0 spiro atoms. The SMILES string of the molecule is O=C(NC[C@@H](c1cccs1)S(=O)(=O)c1ccccc1)c1ccc([N+](=O)[O-])cc1. The zero-order valence-electron chi connectivity index (χ0n) is 14.5. The molecule has 1 aromatic heterocycles. The van der Waals surface area contributed by atoms with Crippen LogP contribution in [0, 0.1) is 10.1 Å². The lowest BCUT2D eigenvalue weighted by atomic mass is 10.2. The fraction of sp³-hybridized carbons (Fsp3) is 0.105. The number of thiophene rings is 1. The number of nitrogens with zero attached hydrogens (tertiary/aromatic N) is 1. The van der Waals surface area contributed by atoms with Gasteiger partial charge in [0.05, 0.1) is 9.82 Å². The summed E-state index contributed by atoms with van der Waals surface area (Å²) in [6, 6.07) is 16.7. The minimum absolute atomic E-state index is 0.117. The van der Waals surface area contributed by atoms with Crippen molar-refractivity contribution in [2.75, 3.05) is 6.54 Å². The summed E-state index contributed by atoms with van der Waals surface area (Å²) in [4.78, 5) is 23.3. The number of non-ortho nitro benzene ring substituents is 1.